The molecule has 0 aromatic carbocycles. The van der Waals surface area contributed by atoms with E-state index in [1.807, 2.05) is 0 Å². The van der Waals surface area contributed by atoms with E-state index in [1.165, 1.54) is 173 Å². The molecule has 0 bridgehead atoms. The molecule has 0 saturated carbocycles. The molecule has 0 aromatic heterocycles. The van der Waals surface area contributed by atoms with Crippen LogP contribution in [0.25, 0.3) is 0 Å². The van der Waals surface area contributed by atoms with Gasteiger partial charge in [0.1, 0.15) is 13.2 Å². The van der Waals surface area contributed by atoms with E-state index in [9.17, 15) is 14.4 Å². The summed E-state index contributed by atoms with van der Waals surface area (Å²) in [6.07, 6.45) is 83.6. The summed E-state index contributed by atoms with van der Waals surface area (Å²) in [5.74, 6) is -0.886. The molecule has 0 amide bonds. The van der Waals surface area contributed by atoms with Crippen LogP contribution in [0.5, 0.6) is 0 Å². The molecular weight excluding hydrogens is 925 g/mol. The third kappa shape index (κ3) is 61.3. The summed E-state index contributed by atoms with van der Waals surface area (Å²) in [5.41, 5.74) is 0. The highest BCUT2D eigenvalue weighted by molar-refractivity contribution is 5.71. The fourth-order valence-corrected chi connectivity index (χ4v) is 9.09. The first kappa shape index (κ1) is 71.6. The summed E-state index contributed by atoms with van der Waals surface area (Å²) in [6.45, 7) is 6.46. The summed E-state index contributed by atoms with van der Waals surface area (Å²) < 4.78 is 16.8. The number of esters is 3. The largest absolute Gasteiger partial charge is 0.462 e. The third-order valence-corrected chi connectivity index (χ3v) is 13.9. The van der Waals surface area contributed by atoms with Crippen molar-refractivity contribution in [2.75, 3.05) is 13.2 Å². The molecule has 0 spiro atoms. The highest BCUT2D eigenvalue weighted by Crippen LogP contribution is 2.16. The summed E-state index contributed by atoms with van der Waals surface area (Å²) >= 11 is 0. The van der Waals surface area contributed by atoms with Crippen LogP contribution in [0.1, 0.15) is 316 Å². The number of allylic oxidation sites excluding steroid dienone is 14. The summed E-state index contributed by atoms with van der Waals surface area (Å²) in [7, 11) is 0. The van der Waals surface area contributed by atoms with Crippen LogP contribution in [0.15, 0.2) is 85.1 Å². The first-order valence-corrected chi connectivity index (χ1v) is 32.1. The van der Waals surface area contributed by atoms with Gasteiger partial charge in [-0.3, -0.25) is 14.4 Å². The molecule has 0 aliphatic heterocycles. The summed E-state index contributed by atoms with van der Waals surface area (Å²) in [5, 5.41) is 0. The van der Waals surface area contributed by atoms with Crippen molar-refractivity contribution in [2.24, 2.45) is 0 Å². The van der Waals surface area contributed by atoms with Gasteiger partial charge in [-0.1, -0.05) is 286 Å². The van der Waals surface area contributed by atoms with Crippen LogP contribution in [-0.4, -0.2) is 37.2 Å². The number of unbranched alkanes of at least 4 members (excludes halogenated alkanes) is 33. The highest BCUT2D eigenvalue weighted by Gasteiger charge is 2.19. The Kier molecular flexibility index (Phi) is 60.3. The van der Waals surface area contributed by atoms with Crippen LogP contribution >= 0.6 is 0 Å². The minimum atomic E-state index is -0.776. The topological polar surface area (TPSA) is 78.9 Å². The Bertz CT molecular complexity index is 1430. The maximum atomic E-state index is 12.8. The fraction of sp³-hybridized carbons (Fsp3) is 0.754. The molecule has 0 fully saturated rings. The molecule has 0 N–H and O–H groups in total. The van der Waals surface area contributed by atoms with Crippen molar-refractivity contribution < 1.29 is 28.6 Å². The molecule has 0 rings (SSSR count). The smallest absolute Gasteiger partial charge is 0.306 e. The van der Waals surface area contributed by atoms with Gasteiger partial charge in [0.2, 0.25) is 0 Å². The molecule has 0 saturated heterocycles. The molecule has 6 nitrogen and oxygen atoms in total. The van der Waals surface area contributed by atoms with Crippen LogP contribution in [0, 0.1) is 0 Å². The van der Waals surface area contributed by atoms with Gasteiger partial charge in [-0.15, -0.1) is 0 Å². The summed E-state index contributed by atoms with van der Waals surface area (Å²) in [4.78, 5) is 37.9. The second kappa shape index (κ2) is 63.1. The van der Waals surface area contributed by atoms with Gasteiger partial charge in [-0.05, 0) is 96.3 Å². The van der Waals surface area contributed by atoms with Crippen LogP contribution < -0.4 is 0 Å². The van der Waals surface area contributed by atoms with Crippen LogP contribution in [0.2, 0.25) is 0 Å². The van der Waals surface area contributed by atoms with E-state index in [1.54, 1.807) is 0 Å². The van der Waals surface area contributed by atoms with Gasteiger partial charge in [-0.2, -0.15) is 0 Å². The number of hydrogen-bond acceptors (Lipinski definition) is 6. The molecule has 0 radical (unpaired) electrons. The maximum absolute atomic E-state index is 12.8. The predicted octanol–water partition coefficient (Wildman–Crippen LogP) is 21.9. The molecule has 6 heteroatoms. The monoisotopic (exact) mass is 1040 g/mol. The number of rotatable bonds is 58. The van der Waals surface area contributed by atoms with E-state index in [4.69, 9.17) is 14.2 Å². The maximum Gasteiger partial charge on any atom is 0.306 e. The van der Waals surface area contributed by atoms with Gasteiger partial charge in [0.05, 0.1) is 0 Å². The normalized spacial score (nSPS) is 12.6. The van der Waals surface area contributed by atoms with Gasteiger partial charge in [-0.25, -0.2) is 0 Å². The minimum absolute atomic E-state index is 0.0767. The van der Waals surface area contributed by atoms with E-state index in [0.29, 0.717) is 19.3 Å². The molecule has 75 heavy (non-hydrogen) atoms. The number of carbonyl (C=O) groups excluding carboxylic acids is 3. The lowest BCUT2D eigenvalue weighted by Crippen LogP contribution is -2.30. The second-order valence-electron chi connectivity index (χ2n) is 21.3. The van der Waals surface area contributed by atoms with E-state index in [2.05, 4.69) is 106 Å². The number of ether oxygens (including phenoxy) is 3. The van der Waals surface area contributed by atoms with Crippen molar-refractivity contribution in [3.05, 3.63) is 85.1 Å². The molecule has 1 unspecified atom stereocenters. The lowest BCUT2D eigenvalue weighted by molar-refractivity contribution is -0.167. The fourth-order valence-electron chi connectivity index (χ4n) is 9.09. The van der Waals surface area contributed by atoms with Crippen molar-refractivity contribution in [3.8, 4) is 0 Å². The first-order chi connectivity index (χ1) is 37.0. The standard InChI is InChI=1S/C69H120O6/c1-4-7-10-13-15-17-19-21-23-25-27-29-31-32-33-34-35-36-38-39-41-43-45-47-49-51-53-56-59-62-68(71)74-65-66(64-73-67(70)61-58-55-12-9-6-3)75-69(72)63-60-57-54-52-50-48-46-44-42-40-37-30-28-26-24-22-20-18-16-14-11-8-5-2/h8,11,16,18-19,21-22,24-25,27-28,30-32,66H,4-7,9-10,12-15,17,20,23,26,29,33-65H2,1-3H3/b11-8-,18-16-,21-19-,24-22-,27-25-,30-28-,32-31-. The molecular formula is C69H120O6. The number of hydrogen-bond donors (Lipinski definition) is 0. The van der Waals surface area contributed by atoms with E-state index < -0.39 is 6.10 Å². The van der Waals surface area contributed by atoms with E-state index in [0.717, 1.165) is 103 Å². The number of carbonyl (C=O) groups is 3. The Morgan fingerprint density at radius 2 is 0.520 bits per heavy atom. The Morgan fingerprint density at radius 3 is 0.813 bits per heavy atom. The van der Waals surface area contributed by atoms with Crippen molar-refractivity contribution in [3.63, 3.8) is 0 Å². The molecule has 1 atom stereocenters. The summed E-state index contributed by atoms with van der Waals surface area (Å²) in [6, 6.07) is 0. The zero-order valence-electron chi connectivity index (χ0n) is 49.6. The van der Waals surface area contributed by atoms with Gasteiger partial charge < -0.3 is 14.2 Å². The zero-order valence-corrected chi connectivity index (χ0v) is 49.6. The SMILES string of the molecule is CC/C=C\C/C=C\C/C=C\C/C=C\CCCCCCCCCCCCC(=O)OC(COC(=O)CCCCCCC)COC(=O)CCCCCCCCCCCCCCCC/C=C\C/C=C\C/C=C\CCCCCCC. The zero-order chi connectivity index (χ0) is 54.3. The Hall–Kier alpha value is -3.41. The Morgan fingerprint density at radius 1 is 0.280 bits per heavy atom. The van der Waals surface area contributed by atoms with Gasteiger partial charge in [0.15, 0.2) is 6.10 Å². The molecule has 0 aliphatic carbocycles. The van der Waals surface area contributed by atoms with Crippen molar-refractivity contribution in [1.82, 2.24) is 0 Å². The molecule has 0 aliphatic rings. The lowest BCUT2D eigenvalue weighted by Gasteiger charge is -2.18. The second-order valence-corrected chi connectivity index (χ2v) is 21.3. The van der Waals surface area contributed by atoms with Gasteiger partial charge in [0.25, 0.3) is 0 Å². The first-order valence-electron chi connectivity index (χ1n) is 32.1. The molecule has 432 valence electrons. The van der Waals surface area contributed by atoms with Crippen LogP contribution in [0.4, 0.5) is 0 Å². The third-order valence-electron chi connectivity index (χ3n) is 13.9. The van der Waals surface area contributed by atoms with Crippen molar-refractivity contribution in [2.45, 2.75) is 322 Å². The molecule has 0 heterocycles. The van der Waals surface area contributed by atoms with E-state index in [-0.39, 0.29) is 31.1 Å². The average Bonchev–Trinajstić information content (AvgIpc) is 3.41. The van der Waals surface area contributed by atoms with Gasteiger partial charge >= 0.3 is 17.9 Å². The Labute approximate surface area is 465 Å². The average molecular weight is 1050 g/mol. The predicted molar refractivity (Wildman–Crippen MR) is 325 cm³/mol. The Balaban J connectivity index is 4.02. The van der Waals surface area contributed by atoms with Crippen LogP contribution in [0.3, 0.4) is 0 Å². The lowest BCUT2D eigenvalue weighted by atomic mass is 10.0. The van der Waals surface area contributed by atoms with E-state index >= 15 is 0 Å². The van der Waals surface area contributed by atoms with Crippen molar-refractivity contribution >= 4 is 17.9 Å². The van der Waals surface area contributed by atoms with Crippen molar-refractivity contribution in [1.29, 1.82) is 0 Å². The quantitative estimate of drug-likeness (QED) is 0.0261. The molecule has 0 aromatic rings. The van der Waals surface area contributed by atoms with Crippen LogP contribution in [-0.2, 0) is 28.6 Å². The van der Waals surface area contributed by atoms with Gasteiger partial charge in [0, 0.05) is 19.3 Å². The highest BCUT2D eigenvalue weighted by atomic mass is 16.6. The minimum Gasteiger partial charge on any atom is -0.462 e.